The number of nitroso groups, excluding NO2 is 1. The smallest absolute Gasteiger partial charge is 0.255 e. The second-order valence-corrected chi connectivity index (χ2v) is 8.06. The van der Waals surface area contributed by atoms with Gasteiger partial charge in [0.05, 0.1) is 12.1 Å². The number of rotatable bonds is 5. The molecule has 0 aliphatic carbocycles. The summed E-state index contributed by atoms with van der Waals surface area (Å²) in [6.07, 6.45) is 2.28. The van der Waals surface area contributed by atoms with E-state index in [1.165, 1.54) is 0 Å². The number of benzene rings is 2. The van der Waals surface area contributed by atoms with Crippen LogP contribution in [-0.4, -0.2) is 48.7 Å². The number of carbonyl (C=O) groups excluding carboxylic acids is 1. The molecular weight excluding hydrogens is 366 g/mol. The van der Waals surface area contributed by atoms with Crippen LogP contribution in [-0.2, 0) is 16.0 Å². The van der Waals surface area contributed by atoms with E-state index in [0.29, 0.717) is 12.2 Å². The van der Waals surface area contributed by atoms with E-state index in [9.17, 15) is 9.70 Å². The molecule has 2 fully saturated rings. The van der Waals surface area contributed by atoms with Gasteiger partial charge in [-0.25, -0.2) is 0 Å². The van der Waals surface area contributed by atoms with E-state index in [0.717, 1.165) is 50.1 Å². The number of nitrogens with zero attached hydrogens (tertiary/aromatic N) is 3. The van der Waals surface area contributed by atoms with Crippen LogP contribution in [0.2, 0.25) is 0 Å². The quantitative estimate of drug-likeness (QED) is 0.723. The van der Waals surface area contributed by atoms with Crippen molar-refractivity contribution in [3.05, 3.63) is 65.1 Å². The predicted molar refractivity (Wildman–Crippen MR) is 113 cm³/mol. The Hall–Kier alpha value is -2.57. The lowest BCUT2D eigenvalue weighted by Crippen LogP contribution is -2.61. The van der Waals surface area contributed by atoms with Gasteiger partial charge in [-0.3, -0.25) is 4.79 Å². The Morgan fingerprint density at radius 3 is 2.59 bits per heavy atom. The SMILES string of the molecule is CC1OC2(CCN(CCc3cccc(N=O)c3)CC2)CN(c2ccccc2)C1=O. The highest BCUT2D eigenvalue weighted by atomic mass is 16.5. The van der Waals surface area contributed by atoms with E-state index >= 15 is 0 Å². The summed E-state index contributed by atoms with van der Waals surface area (Å²) in [5.74, 6) is 0.0351. The number of para-hydroxylation sites is 1. The molecular formula is C23H27N3O3. The van der Waals surface area contributed by atoms with Crippen LogP contribution in [0.4, 0.5) is 11.4 Å². The molecule has 0 bridgehead atoms. The minimum absolute atomic E-state index is 0.0351. The summed E-state index contributed by atoms with van der Waals surface area (Å²) >= 11 is 0. The first-order chi connectivity index (χ1) is 14.1. The molecule has 2 saturated heterocycles. The van der Waals surface area contributed by atoms with Gasteiger partial charge in [0, 0.05) is 25.3 Å². The molecule has 1 unspecified atom stereocenters. The molecule has 2 aliphatic heterocycles. The van der Waals surface area contributed by atoms with E-state index in [4.69, 9.17) is 4.74 Å². The van der Waals surface area contributed by atoms with Gasteiger partial charge in [0.2, 0.25) is 0 Å². The van der Waals surface area contributed by atoms with Gasteiger partial charge in [0.15, 0.2) is 0 Å². The number of morpholine rings is 1. The van der Waals surface area contributed by atoms with Crippen molar-refractivity contribution in [3.8, 4) is 0 Å². The van der Waals surface area contributed by atoms with Crippen LogP contribution < -0.4 is 4.90 Å². The number of likely N-dealkylation sites (tertiary alicyclic amines) is 1. The Bertz CT molecular complexity index is 863. The molecule has 1 amide bonds. The van der Waals surface area contributed by atoms with E-state index in [1.54, 1.807) is 6.07 Å². The van der Waals surface area contributed by atoms with Gasteiger partial charge in [-0.15, -0.1) is 4.91 Å². The van der Waals surface area contributed by atoms with Crippen LogP contribution in [0.25, 0.3) is 0 Å². The molecule has 2 aromatic carbocycles. The van der Waals surface area contributed by atoms with Crippen molar-refractivity contribution in [3.63, 3.8) is 0 Å². The first-order valence-electron chi connectivity index (χ1n) is 10.3. The third-order valence-electron chi connectivity index (χ3n) is 6.05. The molecule has 6 nitrogen and oxygen atoms in total. The third kappa shape index (κ3) is 4.38. The van der Waals surface area contributed by atoms with Crippen LogP contribution in [0.5, 0.6) is 0 Å². The largest absolute Gasteiger partial charge is 0.360 e. The number of hydrogen-bond acceptors (Lipinski definition) is 5. The molecule has 2 aromatic rings. The minimum atomic E-state index is -0.422. The van der Waals surface area contributed by atoms with Crippen molar-refractivity contribution in [2.45, 2.75) is 37.9 Å². The maximum Gasteiger partial charge on any atom is 0.255 e. The number of anilines is 1. The summed E-state index contributed by atoms with van der Waals surface area (Å²) in [6, 6.07) is 17.4. The molecule has 0 saturated carbocycles. The summed E-state index contributed by atoms with van der Waals surface area (Å²) < 4.78 is 6.26. The van der Waals surface area contributed by atoms with Crippen molar-refractivity contribution in [1.82, 2.24) is 4.90 Å². The number of carbonyl (C=O) groups is 1. The highest BCUT2D eigenvalue weighted by molar-refractivity contribution is 5.97. The number of amides is 1. The predicted octanol–water partition coefficient (Wildman–Crippen LogP) is 3.91. The molecule has 0 radical (unpaired) electrons. The zero-order chi connectivity index (χ0) is 20.3. The van der Waals surface area contributed by atoms with Crippen LogP contribution in [0.1, 0.15) is 25.3 Å². The molecule has 4 rings (SSSR count). The first-order valence-corrected chi connectivity index (χ1v) is 10.3. The van der Waals surface area contributed by atoms with Crippen molar-refractivity contribution in [1.29, 1.82) is 0 Å². The number of piperidine rings is 1. The highest BCUT2D eigenvalue weighted by Gasteiger charge is 2.45. The molecule has 2 aliphatic rings. The van der Waals surface area contributed by atoms with E-state index in [1.807, 2.05) is 60.4 Å². The standard InChI is InChI=1S/C23H27N3O3/c1-18-22(27)26(21-8-3-2-4-9-21)17-23(29-18)11-14-25(15-12-23)13-10-19-6-5-7-20(16-19)24-28/h2-9,16,18H,10-15,17H2,1H3. The Morgan fingerprint density at radius 2 is 1.86 bits per heavy atom. The summed E-state index contributed by atoms with van der Waals surface area (Å²) in [5.41, 5.74) is 2.28. The Labute approximate surface area is 171 Å². The fourth-order valence-electron chi connectivity index (χ4n) is 4.39. The maximum absolute atomic E-state index is 12.7. The second kappa shape index (κ2) is 8.43. The molecule has 0 N–H and O–H groups in total. The minimum Gasteiger partial charge on any atom is -0.360 e. The average Bonchev–Trinajstić information content (AvgIpc) is 2.77. The lowest BCUT2D eigenvalue weighted by molar-refractivity contribution is -0.161. The third-order valence-corrected chi connectivity index (χ3v) is 6.05. The zero-order valence-corrected chi connectivity index (χ0v) is 16.8. The number of ether oxygens (including phenoxy) is 1. The molecule has 1 spiro atoms. The molecule has 1 atom stereocenters. The van der Waals surface area contributed by atoms with Gasteiger partial charge >= 0.3 is 0 Å². The van der Waals surface area contributed by atoms with Gasteiger partial charge < -0.3 is 14.5 Å². The van der Waals surface area contributed by atoms with Crippen LogP contribution in [0.3, 0.4) is 0 Å². The summed E-state index contributed by atoms with van der Waals surface area (Å²) in [7, 11) is 0. The summed E-state index contributed by atoms with van der Waals surface area (Å²) in [6.45, 7) is 5.29. The molecule has 6 heteroatoms. The van der Waals surface area contributed by atoms with Crippen LogP contribution >= 0.6 is 0 Å². The Balaban J connectivity index is 1.37. The molecule has 2 heterocycles. The molecule has 0 aromatic heterocycles. The van der Waals surface area contributed by atoms with E-state index in [2.05, 4.69) is 10.1 Å². The monoisotopic (exact) mass is 393 g/mol. The van der Waals surface area contributed by atoms with Crippen molar-refractivity contribution in [2.75, 3.05) is 31.1 Å². The topological polar surface area (TPSA) is 62.2 Å². The van der Waals surface area contributed by atoms with Crippen molar-refractivity contribution in [2.24, 2.45) is 5.18 Å². The Kier molecular flexibility index (Phi) is 5.74. The van der Waals surface area contributed by atoms with Crippen molar-refractivity contribution >= 4 is 17.3 Å². The molecule has 29 heavy (non-hydrogen) atoms. The van der Waals surface area contributed by atoms with Gasteiger partial charge in [-0.2, -0.15) is 0 Å². The van der Waals surface area contributed by atoms with Gasteiger partial charge in [-0.1, -0.05) is 30.3 Å². The second-order valence-electron chi connectivity index (χ2n) is 8.06. The van der Waals surface area contributed by atoms with Gasteiger partial charge in [0.1, 0.15) is 11.8 Å². The fourth-order valence-corrected chi connectivity index (χ4v) is 4.39. The van der Waals surface area contributed by atoms with E-state index < -0.39 is 6.10 Å². The fraction of sp³-hybridized carbons (Fsp3) is 0.435. The normalized spacial score (nSPS) is 22.0. The highest BCUT2D eigenvalue weighted by Crippen LogP contribution is 2.35. The number of hydrogen-bond donors (Lipinski definition) is 0. The van der Waals surface area contributed by atoms with Crippen LogP contribution in [0, 0.1) is 4.91 Å². The Morgan fingerprint density at radius 1 is 1.10 bits per heavy atom. The maximum atomic E-state index is 12.7. The summed E-state index contributed by atoms with van der Waals surface area (Å²) in [4.78, 5) is 27.7. The van der Waals surface area contributed by atoms with Crippen molar-refractivity contribution < 1.29 is 9.53 Å². The van der Waals surface area contributed by atoms with Gasteiger partial charge in [-0.05, 0) is 61.2 Å². The zero-order valence-electron chi connectivity index (χ0n) is 16.8. The lowest BCUT2D eigenvalue weighted by atomic mass is 9.88. The lowest BCUT2D eigenvalue weighted by Gasteiger charge is -2.49. The summed E-state index contributed by atoms with van der Waals surface area (Å²) in [5, 5.41) is 3.02. The first kappa shape index (κ1) is 19.7. The van der Waals surface area contributed by atoms with Gasteiger partial charge in [0.25, 0.3) is 5.91 Å². The average molecular weight is 393 g/mol. The molecule has 152 valence electrons. The van der Waals surface area contributed by atoms with E-state index in [-0.39, 0.29) is 11.5 Å². The van der Waals surface area contributed by atoms with Crippen LogP contribution in [0.15, 0.2) is 59.8 Å².